The van der Waals surface area contributed by atoms with Gasteiger partial charge < -0.3 is 9.88 Å². The third-order valence-electron chi connectivity index (χ3n) is 6.07. The lowest BCUT2D eigenvalue weighted by molar-refractivity contribution is -0.137. The number of pyridine rings is 1. The van der Waals surface area contributed by atoms with Crippen LogP contribution in [0, 0.1) is 6.92 Å². The molecule has 1 aliphatic rings. The van der Waals surface area contributed by atoms with Crippen molar-refractivity contribution < 1.29 is 13.2 Å². The van der Waals surface area contributed by atoms with Crippen LogP contribution in [0.1, 0.15) is 36.8 Å². The molecule has 1 aromatic carbocycles. The van der Waals surface area contributed by atoms with Crippen molar-refractivity contribution >= 4 is 28.3 Å². The molecule has 32 heavy (non-hydrogen) atoms. The molecular weight excluding hydrogens is 441 g/mol. The Labute approximate surface area is 187 Å². The summed E-state index contributed by atoms with van der Waals surface area (Å²) in [7, 11) is 0. The Kier molecular flexibility index (Phi) is 4.70. The van der Waals surface area contributed by atoms with Crippen molar-refractivity contribution in [3.8, 4) is 5.69 Å². The van der Waals surface area contributed by atoms with Crippen LogP contribution in [0.2, 0.25) is 5.02 Å². The molecule has 10 heteroatoms. The van der Waals surface area contributed by atoms with Crippen LogP contribution in [0.5, 0.6) is 0 Å². The number of halogens is 4. The van der Waals surface area contributed by atoms with Crippen molar-refractivity contribution in [1.82, 2.24) is 24.7 Å². The van der Waals surface area contributed by atoms with Crippen LogP contribution in [0.4, 0.5) is 18.9 Å². The number of rotatable bonds is 3. The van der Waals surface area contributed by atoms with Gasteiger partial charge in [-0.15, -0.1) is 0 Å². The first-order chi connectivity index (χ1) is 15.2. The second-order valence-corrected chi connectivity index (χ2v) is 8.63. The van der Waals surface area contributed by atoms with Crippen molar-refractivity contribution in [2.24, 2.45) is 0 Å². The van der Waals surface area contributed by atoms with Gasteiger partial charge in [0, 0.05) is 24.6 Å². The summed E-state index contributed by atoms with van der Waals surface area (Å²) in [4.78, 5) is 14.4. The van der Waals surface area contributed by atoms with Gasteiger partial charge in [0.25, 0.3) is 0 Å². The molecule has 0 radical (unpaired) electrons. The molecule has 1 fully saturated rings. The molecule has 6 nitrogen and oxygen atoms in total. The zero-order valence-corrected chi connectivity index (χ0v) is 18.2. The summed E-state index contributed by atoms with van der Waals surface area (Å²) in [5.74, 6) is 0.598. The topological polar surface area (TPSA) is 62.6 Å². The van der Waals surface area contributed by atoms with Gasteiger partial charge in [-0.05, 0) is 51.0 Å². The van der Waals surface area contributed by atoms with E-state index in [1.165, 1.54) is 6.07 Å². The molecule has 5 rings (SSSR count). The van der Waals surface area contributed by atoms with Gasteiger partial charge in [0.2, 0.25) is 0 Å². The summed E-state index contributed by atoms with van der Waals surface area (Å²) < 4.78 is 41.7. The van der Waals surface area contributed by atoms with Crippen LogP contribution in [0.25, 0.3) is 16.7 Å². The summed E-state index contributed by atoms with van der Waals surface area (Å²) >= 11 is 5.91. The summed E-state index contributed by atoms with van der Waals surface area (Å²) in [5.41, 5.74) is 1.91. The van der Waals surface area contributed by atoms with Gasteiger partial charge in [0.1, 0.15) is 11.5 Å². The maximum absolute atomic E-state index is 13.3. The molecule has 4 heterocycles. The molecule has 3 aromatic heterocycles. The lowest BCUT2D eigenvalue weighted by Crippen LogP contribution is -2.40. The van der Waals surface area contributed by atoms with E-state index in [0.29, 0.717) is 16.9 Å². The van der Waals surface area contributed by atoms with E-state index < -0.39 is 17.3 Å². The average Bonchev–Trinajstić information content (AvgIpc) is 3.46. The van der Waals surface area contributed by atoms with Gasteiger partial charge in [-0.3, -0.25) is 4.98 Å². The second-order valence-electron chi connectivity index (χ2n) is 8.23. The van der Waals surface area contributed by atoms with Crippen molar-refractivity contribution in [2.75, 3.05) is 11.4 Å². The Morgan fingerprint density at radius 2 is 2.00 bits per heavy atom. The SMILES string of the molecule is Cc1cc(N2CCC[C@@]2(C)c2nc3cc(Cl)c(C(F)(F)F)cc3[nH]2)c(-n2cccn2)cn1. The molecule has 1 saturated heterocycles. The number of nitrogens with one attached hydrogen (secondary N) is 1. The molecule has 1 aliphatic heterocycles. The van der Waals surface area contributed by atoms with E-state index >= 15 is 0 Å². The number of aromatic amines is 1. The van der Waals surface area contributed by atoms with Gasteiger partial charge in [-0.1, -0.05) is 11.6 Å². The number of aromatic nitrogens is 5. The Hall–Kier alpha value is -3.07. The fourth-order valence-electron chi connectivity index (χ4n) is 4.44. The second kappa shape index (κ2) is 7.23. The van der Waals surface area contributed by atoms with Crippen LogP contribution in [-0.4, -0.2) is 31.3 Å². The molecule has 0 saturated carbocycles. The number of aryl methyl sites for hydroxylation is 1. The zero-order chi connectivity index (χ0) is 22.7. The van der Waals surface area contributed by atoms with Crippen molar-refractivity contribution in [3.63, 3.8) is 0 Å². The summed E-state index contributed by atoms with van der Waals surface area (Å²) in [5, 5.41) is 3.99. The smallest absolute Gasteiger partial charge is 0.357 e. The lowest BCUT2D eigenvalue weighted by Gasteiger charge is -2.36. The first-order valence-electron chi connectivity index (χ1n) is 10.2. The Morgan fingerprint density at radius 3 is 2.72 bits per heavy atom. The van der Waals surface area contributed by atoms with E-state index in [4.69, 9.17) is 11.6 Å². The maximum Gasteiger partial charge on any atom is 0.417 e. The van der Waals surface area contributed by atoms with Crippen LogP contribution in [0.3, 0.4) is 0 Å². The molecule has 1 N–H and O–H groups in total. The summed E-state index contributed by atoms with van der Waals surface area (Å²) in [6.07, 6.45) is 2.49. The number of H-pyrrole nitrogens is 1. The standard InChI is InChI=1S/C22H20ClF3N6/c1-13-9-18(19(12-27-13)32-8-4-6-28-32)31-7-3-5-21(31,2)20-29-16-10-14(22(24,25)26)15(23)11-17(16)30-20/h4,6,8-12H,3,5,7H2,1-2H3,(H,29,30)/t21-/m0/s1. The largest absolute Gasteiger partial charge is 0.417 e. The Bertz CT molecular complexity index is 1300. The van der Waals surface area contributed by atoms with Crippen molar-refractivity contribution in [3.05, 3.63) is 65.0 Å². The normalized spacial score (nSPS) is 19.2. The van der Waals surface area contributed by atoms with Gasteiger partial charge in [-0.25, -0.2) is 9.67 Å². The third-order valence-corrected chi connectivity index (χ3v) is 6.38. The molecule has 0 unspecified atom stereocenters. The minimum atomic E-state index is -4.53. The van der Waals surface area contributed by atoms with E-state index in [2.05, 4.69) is 25.0 Å². The molecule has 4 aromatic rings. The predicted molar refractivity (Wildman–Crippen MR) is 116 cm³/mol. The number of alkyl halides is 3. The summed E-state index contributed by atoms with van der Waals surface area (Å²) in [6.45, 7) is 4.73. The minimum Gasteiger partial charge on any atom is -0.357 e. The molecule has 166 valence electrons. The van der Waals surface area contributed by atoms with Crippen LogP contribution < -0.4 is 4.90 Å². The van der Waals surface area contributed by atoms with Gasteiger partial charge in [-0.2, -0.15) is 18.3 Å². The predicted octanol–water partition coefficient (Wildman–Crippen LogP) is 5.64. The van der Waals surface area contributed by atoms with Crippen LogP contribution in [-0.2, 0) is 11.7 Å². The number of imidazole rings is 1. The highest BCUT2D eigenvalue weighted by Crippen LogP contribution is 2.44. The van der Waals surface area contributed by atoms with Crippen LogP contribution in [0.15, 0.2) is 42.9 Å². The highest BCUT2D eigenvalue weighted by Gasteiger charge is 2.42. The quantitative estimate of drug-likeness (QED) is 0.430. The average molecular weight is 461 g/mol. The van der Waals surface area contributed by atoms with E-state index in [1.54, 1.807) is 17.1 Å². The Balaban J connectivity index is 1.63. The number of nitrogens with zero attached hydrogens (tertiary/aromatic N) is 5. The lowest BCUT2D eigenvalue weighted by atomic mass is 9.97. The Morgan fingerprint density at radius 1 is 1.19 bits per heavy atom. The maximum atomic E-state index is 13.3. The number of anilines is 1. The molecular formula is C22H20ClF3N6. The number of benzene rings is 1. The van der Waals surface area contributed by atoms with E-state index in [0.717, 1.165) is 42.5 Å². The molecule has 1 atom stereocenters. The first kappa shape index (κ1) is 20.8. The third kappa shape index (κ3) is 3.31. The van der Waals surface area contributed by atoms with E-state index in [9.17, 15) is 13.2 Å². The minimum absolute atomic E-state index is 0.308. The van der Waals surface area contributed by atoms with Gasteiger partial charge in [0.05, 0.1) is 39.0 Å². The molecule has 0 spiro atoms. The highest BCUT2D eigenvalue weighted by molar-refractivity contribution is 6.32. The molecule has 0 bridgehead atoms. The zero-order valence-electron chi connectivity index (χ0n) is 17.4. The highest BCUT2D eigenvalue weighted by atomic mass is 35.5. The van der Waals surface area contributed by atoms with Gasteiger partial charge >= 0.3 is 6.18 Å². The van der Waals surface area contributed by atoms with Crippen molar-refractivity contribution in [1.29, 1.82) is 0 Å². The van der Waals surface area contributed by atoms with E-state index in [-0.39, 0.29) is 5.02 Å². The van der Waals surface area contributed by atoms with Gasteiger partial charge in [0.15, 0.2) is 0 Å². The first-order valence-corrected chi connectivity index (χ1v) is 10.6. The number of fused-ring (bicyclic) bond motifs is 1. The van der Waals surface area contributed by atoms with E-state index in [1.807, 2.05) is 32.2 Å². The van der Waals surface area contributed by atoms with Crippen LogP contribution >= 0.6 is 11.6 Å². The molecule has 0 amide bonds. The number of hydrogen-bond donors (Lipinski definition) is 1. The van der Waals surface area contributed by atoms with Crippen molar-refractivity contribution in [2.45, 2.75) is 38.4 Å². The number of hydrogen-bond acceptors (Lipinski definition) is 4. The fourth-order valence-corrected chi connectivity index (χ4v) is 4.71. The monoisotopic (exact) mass is 460 g/mol. The molecule has 0 aliphatic carbocycles. The fraction of sp³-hybridized carbons (Fsp3) is 0.318. The summed E-state index contributed by atoms with van der Waals surface area (Å²) in [6, 6.07) is 6.15.